The van der Waals surface area contributed by atoms with Gasteiger partial charge in [-0.15, -0.1) is 0 Å². The molecule has 1 aromatic rings. The number of urea groups is 1. The number of nitrogens with one attached hydrogen (secondary N) is 2. The van der Waals surface area contributed by atoms with E-state index in [0.29, 0.717) is 32.2 Å². The maximum atomic E-state index is 15.2. The number of halogens is 5. The van der Waals surface area contributed by atoms with Crippen molar-refractivity contribution >= 4 is 17.9 Å². The molecule has 0 radical (unpaired) electrons. The minimum absolute atomic E-state index is 0.0431. The fourth-order valence-corrected chi connectivity index (χ4v) is 8.29. The number of ketones is 1. The van der Waals surface area contributed by atoms with Gasteiger partial charge >= 0.3 is 18.1 Å². The Morgan fingerprint density at radius 2 is 1.73 bits per heavy atom. The van der Waals surface area contributed by atoms with Crippen LogP contribution >= 0.6 is 0 Å². The molecule has 44 heavy (non-hydrogen) atoms. The number of carbonyl (C=O) groups excluding carboxylic acids is 2. The third-order valence-electron chi connectivity index (χ3n) is 10.3. The van der Waals surface area contributed by atoms with Crippen molar-refractivity contribution in [3.05, 3.63) is 64.3 Å². The van der Waals surface area contributed by atoms with Crippen LogP contribution in [0.15, 0.2) is 53.1 Å². The molecule has 0 unspecified atom stereocenters. The van der Waals surface area contributed by atoms with Gasteiger partial charge < -0.3 is 15.7 Å². The number of amides is 2. The SMILES string of the molecule is CC(C)(C)NC(=O)NC/C=C/c1ccc([C@H]2C[C@@]3(C)[C@@H](CC[C@@]3(O)C(F)(F)C(F)(F)F)[C@@H]3CCC4=CC(=O)CCC4=C32)cc1. The summed E-state index contributed by atoms with van der Waals surface area (Å²) in [7, 11) is 0. The standard InChI is InChI=1S/C34H41F5N2O3/c1-30(2,3)41-29(43)40-17-5-6-20-7-9-21(10-8-20)26-19-31(4)27(15-16-32(31,44)33(35,36)34(37,38)39)25-13-11-22-18-23(42)12-14-24(22)28(25)26/h5-10,18,25-27,44H,11-17,19H2,1-4H3,(H2,40,41,43)/b6-5+/t25-,26+,27-,31-,32-/m0/s1. The van der Waals surface area contributed by atoms with Crippen molar-refractivity contribution in [1.82, 2.24) is 10.6 Å². The van der Waals surface area contributed by atoms with E-state index in [-0.39, 0.29) is 36.1 Å². The van der Waals surface area contributed by atoms with Crippen molar-refractivity contribution in [3.8, 4) is 0 Å². The van der Waals surface area contributed by atoms with Gasteiger partial charge in [-0.3, -0.25) is 4.79 Å². The number of carbonyl (C=O) groups is 2. The van der Waals surface area contributed by atoms with E-state index in [1.165, 1.54) is 6.92 Å². The first-order chi connectivity index (χ1) is 20.4. The first-order valence-electron chi connectivity index (χ1n) is 15.3. The van der Waals surface area contributed by atoms with E-state index in [1.807, 2.05) is 51.1 Å². The van der Waals surface area contributed by atoms with Gasteiger partial charge in [0.25, 0.3) is 0 Å². The number of alkyl halides is 5. The van der Waals surface area contributed by atoms with Gasteiger partial charge in [0.15, 0.2) is 5.78 Å². The Hall–Kier alpha value is -3.01. The predicted molar refractivity (Wildman–Crippen MR) is 158 cm³/mol. The normalized spacial score (nSPS) is 30.9. The molecule has 3 N–H and O–H groups in total. The summed E-state index contributed by atoms with van der Waals surface area (Å²) < 4.78 is 71.6. The summed E-state index contributed by atoms with van der Waals surface area (Å²) in [6.07, 6.45) is 0.773. The van der Waals surface area contributed by atoms with Crippen LogP contribution in [0.4, 0.5) is 26.7 Å². The lowest BCUT2D eigenvalue weighted by molar-refractivity contribution is -0.362. The number of hydrogen-bond acceptors (Lipinski definition) is 3. The summed E-state index contributed by atoms with van der Waals surface area (Å²) in [5.41, 5.74) is -0.663. The van der Waals surface area contributed by atoms with Crippen LogP contribution < -0.4 is 10.6 Å². The van der Waals surface area contributed by atoms with Crippen molar-refractivity contribution < 1.29 is 36.6 Å². The van der Waals surface area contributed by atoms with Crippen LogP contribution in [0.5, 0.6) is 0 Å². The molecule has 0 aliphatic heterocycles. The van der Waals surface area contributed by atoms with Gasteiger partial charge in [-0.05, 0) is 99.5 Å². The minimum Gasteiger partial charge on any atom is -0.383 e. The van der Waals surface area contributed by atoms with Crippen LogP contribution in [0, 0.1) is 17.3 Å². The first-order valence-corrected chi connectivity index (χ1v) is 15.3. The molecular formula is C34H41F5N2O3. The molecule has 5 rings (SSSR count). The fourth-order valence-electron chi connectivity index (χ4n) is 8.29. The Bertz CT molecular complexity index is 1410. The zero-order valence-electron chi connectivity index (χ0n) is 25.6. The molecule has 2 fully saturated rings. The highest BCUT2D eigenvalue weighted by atomic mass is 19.4. The molecule has 0 saturated heterocycles. The zero-order valence-corrected chi connectivity index (χ0v) is 25.6. The molecule has 5 atom stereocenters. The van der Waals surface area contributed by atoms with Gasteiger partial charge in [-0.1, -0.05) is 48.9 Å². The smallest absolute Gasteiger partial charge is 0.383 e. The Balaban J connectivity index is 1.48. The quantitative estimate of drug-likeness (QED) is 0.296. The van der Waals surface area contributed by atoms with Crippen molar-refractivity contribution in [1.29, 1.82) is 0 Å². The van der Waals surface area contributed by atoms with Gasteiger partial charge in [0, 0.05) is 29.8 Å². The maximum Gasteiger partial charge on any atom is 0.456 e. The molecule has 1 aromatic carbocycles. The second-order valence-corrected chi connectivity index (χ2v) is 14.1. The molecule has 2 amide bonds. The van der Waals surface area contributed by atoms with E-state index in [9.17, 15) is 27.9 Å². The average Bonchev–Trinajstić information content (AvgIpc) is 3.20. The van der Waals surface area contributed by atoms with Crippen LogP contribution in [0.2, 0.25) is 0 Å². The molecule has 0 aromatic heterocycles. The highest BCUT2D eigenvalue weighted by molar-refractivity contribution is 5.93. The second kappa shape index (κ2) is 11.1. The predicted octanol–water partition coefficient (Wildman–Crippen LogP) is 7.63. The Morgan fingerprint density at radius 1 is 1.05 bits per heavy atom. The molecule has 4 aliphatic carbocycles. The molecule has 240 valence electrons. The largest absolute Gasteiger partial charge is 0.456 e. The van der Waals surface area contributed by atoms with Gasteiger partial charge in [0.1, 0.15) is 5.60 Å². The van der Waals surface area contributed by atoms with Gasteiger partial charge in [0.05, 0.1) is 0 Å². The summed E-state index contributed by atoms with van der Waals surface area (Å²) in [4.78, 5) is 24.2. The molecule has 5 nitrogen and oxygen atoms in total. The summed E-state index contributed by atoms with van der Waals surface area (Å²) >= 11 is 0. The van der Waals surface area contributed by atoms with E-state index >= 15 is 8.78 Å². The van der Waals surface area contributed by atoms with Crippen molar-refractivity contribution in [2.75, 3.05) is 6.54 Å². The maximum absolute atomic E-state index is 15.2. The molecule has 2 saturated carbocycles. The van der Waals surface area contributed by atoms with E-state index in [4.69, 9.17) is 0 Å². The van der Waals surface area contributed by atoms with Crippen molar-refractivity contribution in [2.45, 2.75) is 102 Å². The average molecular weight is 621 g/mol. The molecule has 10 heteroatoms. The van der Waals surface area contributed by atoms with E-state index in [2.05, 4.69) is 10.6 Å². The lowest BCUT2D eigenvalue weighted by Gasteiger charge is -2.56. The summed E-state index contributed by atoms with van der Waals surface area (Å²) in [6.45, 7) is 7.35. The van der Waals surface area contributed by atoms with Gasteiger partial charge in [-0.2, -0.15) is 22.0 Å². The van der Waals surface area contributed by atoms with Crippen molar-refractivity contribution in [3.63, 3.8) is 0 Å². The van der Waals surface area contributed by atoms with E-state index in [0.717, 1.165) is 27.8 Å². The summed E-state index contributed by atoms with van der Waals surface area (Å²) in [5, 5.41) is 17.0. The monoisotopic (exact) mass is 620 g/mol. The van der Waals surface area contributed by atoms with E-state index < -0.39 is 41.4 Å². The number of allylic oxidation sites excluding steroid dienone is 4. The van der Waals surface area contributed by atoms with Crippen LogP contribution in [0.1, 0.15) is 89.7 Å². The highest BCUT2D eigenvalue weighted by Crippen LogP contribution is 2.70. The van der Waals surface area contributed by atoms with Crippen molar-refractivity contribution in [2.24, 2.45) is 17.3 Å². The molecule has 0 bridgehead atoms. The third-order valence-corrected chi connectivity index (χ3v) is 10.3. The lowest BCUT2D eigenvalue weighted by atomic mass is 9.50. The number of rotatable bonds is 5. The van der Waals surface area contributed by atoms with Crippen LogP contribution in [-0.4, -0.2) is 46.7 Å². The van der Waals surface area contributed by atoms with Crippen LogP contribution in [0.3, 0.4) is 0 Å². The molecule has 4 aliphatic rings. The van der Waals surface area contributed by atoms with Gasteiger partial charge in [-0.25, -0.2) is 4.79 Å². The Labute approximate surface area is 255 Å². The number of benzene rings is 1. The highest BCUT2D eigenvalue weighted by Gasteiger charge is 2.79. The Kier molecular flexibility index (Phi) is 8.17. The van der Waals surface area contributed by atoms with Crippen LogP contribution in [0.25, 0.3) is 6.08 Å². The third kappa shape index (κ3) is 5.52. The lowest BCUT2D eigenvalue weighted by Crippen LogP contribution is -2.65. The first kappa shape index (κ1) is 32.4. The number of aliphatic hydroxyl groups is 1. The zero-order chi connectivity index (χ0) is 32.3. The van der Waals surface area contributed by atoms with Gasteiger partial charge in [0.2, 0.25) is 0 Å². The number of hydrogen-bond donors (Lipinski definition) is 3. The summed E-state index contributed by atoms with van der Waals surface area (Å²) in [5.74, 6) is -6.50. The molecule has 0 heterocycles. The fraction of sp³-hybridized carbons (Fsp3) is 0.588. The minimum atomic E-state index is -5.88. The number of fused-ring (bicyclic) bond motifs is 4. The molecular weight excluding hydrogens is 579 g/mol. The second-order valence-electron chi connectivity index (χ2n) is 14.1. The molecule has 0 spiro atoms. The summed E-state index contributed by atoms with van der Waals surface area (Å²) in [6, 6.07) is 7.13. The van der Waals surface area contributed by atoms with Crippen LogP contribution in [-0.2, 0) is 4.79 Å². The Morgan fingerprint density at radius 3 is 2.36 bits per heavy atom. The topological polar surface area (TPSA) is 78.4 Å². The van der Waals surface area contributed by atoms with E-state index in [1.54, 1.807) is 12.2 Å².